The fourth-order valence-electron chi connectivity index (χ4n) is 7.57. The average Bonchev–Trinajstić information content (AvgIpc) is 3.74. The summed E-state index contributed by atoms with van der Waals surface area (Å²) < 4.78 is 8.65. The minimum atomic E-state index is 0.894. The lowest BCUT2D eigenvalue weighted by Crippen LogP contribution is -2.09. The lowest BCUT2D eigenvalue weighted by atomic mass is 10.0. The molecule has 0 radical (unpaired) electrons. The molecule has 0 aliphatic carbocycles. The van der Waals surface area contributed by atoms with Crippen molar-refractivity contribution < 1.29 is 4.42 Å². The standard InChI is InChI=1S/C48H32N2O/c1-3-12-33(13-4-1)34-22-25-38(26-23-34)49(37-15-5-2-6-16-37)39-17-11-14-35(30-39)36-24-29-46-44(31-36)41-18-7-9-20-45(41)50(46)40-27-28-43-42-19-8-10-21-47(42)51-48(43)32-40/h1-32H. The molecular formula is C48H32N2O. The second-order valence-electron chi connectivity index (χ2n) is 13.0. The van der Waals surface area contributed by atoms with E-state index in [1.165, 1.54) is 33.0 Å². The Kier molecular flexibility index (Phi) is 6.81. The Morgan fingerprint density at radius 1 is 0.333 bits per heavy atom. The molecule has 0 fully saturated rings. The van der Waals surface area contributed by atoms with Gasteiger partial charge in [0.2, 0.25) is 0 Å². The maximum atomic E-state index is 6.30. The highest BCUT2D eigenvalue weighted by atomic mass is 16.3. The zero-order valence-corrected chi connectivity index (χ0v) is 27.8. The van der Waals surface area contributed by atoms with Crippen molar-refractivity contribution >= 4 is 60.8 Å². The van der Waals surface area contributed by atoms with Gasteiger partial charge in [-0.1, -0.05) is 115 Å². The number of hydrogen-bond acceptors (Lipinski definition) is 2. The van der Waals surface area contributed by atoms with E-state index in [1.807, 2.05) is 12.1 Å². The first kappa shape index (κ1) is 29.1. The molecule has 10 rings (SSSR count). The SMILES string of the molecule is c1ccc(-c2ccc(N(c3ccccc3)c3cccc(-c4ccc5c(c4)c4ccccc4n5-c4ccc5c(c4)oc4ccccc45)c3)cc2)cc1. The topological polar surface area (TPSA) is 21.3 Å². The molecule has 240 valence electrons. The van der Waals surface area contributed by atoms with E-state index in [9.17, 15) is 0 Å². The largest absolute Gasteiger partial charge is 0.456 e. The van der Waals surface area contributed by atoms with E-state index >= 15 is 0 Å². The fourth-order valence-corrected chi connectivity index (χ4v) is 7.57. The molecular weight excluding hydrogens is 621 g/mol. The summed E-state index contributed by atoms with van der Waals surface area (Å²) in [5, 5.41) is 4.71. The molecule has 0 aliphatic heterocycles. The van der Waals surface area contributed by atoms with Crippen molar-refractivity contribution in [3.05, 3.63) is 194 Å². The third-order valence-corrected chi connectivity index (χ3v) is 9.98. The molecule has 0 saturated carbocycles. The Balaban J connectivity index is 1.08. The monoisotopic (exact) mass is 652 g/mol. The van der Waals surface area contributed by atoms with Gasteiger partial charge in [-0.3, -0.25) is 0 Å². The van der Waals surface area contributed by atoms with Crippen molar-refractivity contribution in [1.82, 2.24) is 4.57 Å². The van der Waals surface area contributed by atoms with E-state index in [2.05, 4.69) is 191 Å². The maximum absolute atomic E-state index is 6.30. The van der Waals surface area contributed by atoms with E-state index in [0.717, 1.165) is 55.8 Å². The van der Waals surface area contributed by atoms with Crippen LogP contribution in [0.25, 0.3) is 71.7 Å². The second-order valence-corrected chi connectivity index (χ2v) is 13.0. The number of fused-ring (bicyclic) bond motifs is 6. The van der Waals surface area contributed by atoms with E-state index in [0.29, 0.717) is 0 Å². The third kappa shape index (κ3) is 4.98. The summed E-state index contributed by atoms with van der Waals surface area (Å²) in [6.07, 6.45) is 0. The van der Waals surface area contributed by atoms with Crippen LogP contribution in [0, 0.1) is 0 Å². The number of benzene rings is 8. The zero-order chi connectivity index (χ0) is 33.7. The molecule has 2 aromatic heterocycles. The summed E-state index contributed by atoms with van der Waals surface area (Å²) in [6.45, 7) is 0. The highest BCUT2D eigenvalue weighted by Gasteiger charge is 2.17. The number of anilines is 3. The normalized spacial score (nSPS) is 11.5. The molecule has 3 heteroatoms. The van der Waals surface area contributed by atoms with Gasteiger partial charge in [-0.25, -0.2) is 0 Å². The van der Waals surface area contributed by atoms with Crippen LogP contribution in [0.3, 0.4) is 0 Å². The lowest BCUT2D eigenvalue weighted by Gasteiger charge is -2.26. The van der Waals surface area contributed by atoms with Gasteiger partial charge in [-0.05, 0) is 95.1 Å². The first-order chi connectivity index (χ1) is 25.3. The molecule has 0 aliphatic rings. The van der Waals surface area contributed by atoms with Crippen molar-refractivity contribution in [2.75, 3.05) is 4.90 Å². The van der Waals surface area contributed by atoms with Crippen molar-refractivity contribution in [3.63, 3.8) is 0 Å². The first-order valence-electron chi connectivity index (χ1n) is 17.3. The molecule has 0 unspecified atom stereocenters. The molecule has 8 aromatic carbocycles. The summed E-state index contributed by atoms with van der Waals surface area (Å²) in [5.41, 5.74) is 13.3. The number of nitrogens with zero attached hydrogens (tertiary/aromatic N) is 2. The first-order valence-corrected chi connectivity index (χ1v) is 17.3. The van der Waals surface area contributed by atoms with Crippen LogP contribution in [0.1, 0.15) is 0 Å². The number of rotatable bonds is 6. The molecule has 0 N–H and O–H groups in total. The summed E-state index contributed by atoms with van der Waals surface area (Å²) in [5.74, 6) is 0. The van der Waals surface area contributed by atoms with Crippen LogP contribution in [0.4, 0.5) is 17.1 Å². The molecule has 0 bridgehead atoms. The van der Waals surface area contributed by atoms with E-state index < -0.39 is 0 Å². The van der Waals surface area contributed by atoms with Gasteiger partial charge in [0.1, 0.15) is 11.2 Å². The van der Waals surface area contributed by atoms with Crippen LogP contribution in [0.2, 0.25) is 0 Å². The van der Waals surface area contributed by atoms with Crippen LogP contribution in [-0.2, 0) is 0 Å². The Morgan fingerprint density at radius 2 is 0.922 bits per heavy atom. The van der Waals surface area contributed by atoms with Gasteiger partial charge in [0, 0.05) is 50.4 Å². The predicted octanol–water partition coefficient (Wildman–Crippen LogP) is 13.5. The quantitative estimate of drug-likeness (QED) is 0.178. The maximum Gasteiger partial charge on any atom is 0.137 e. The predicted molar refractivity (Wildman–Crippen MR) is 214 cm³/mol. The number of furan rings is 1. The molecule has 51 heavy (non-hydrogen) atoms. The molecule has 2 heterocycles. The van der Waals surface area contributed by atoms with Gasteiger partial charge in [-0.2, -0.15) is 0 Å². The van der Waals surface area contributed by atoms with Crippen molar-refractivity contribution in [2.24, 2.45) is 0 Å². The molecule has 0 spiro atoms. The van der Waals surface area contributed by atoms with Gasteiger partial charge in [0.05, 0.1) is 11.0 Å². The van der Waals surface area contributed by atoms with Crippen LogP contribution in [-0.4, -0.2) is 4.57 Å². The van der Waals surface area contributed by atoms with Crippen molar-refractivity contribution in [1.29, 1.82) is 0 Å². The smallest absolute Gasteiger partial charge is 0.137 e. The summed E-state index contributed by atoms with van der Waals surface area (Å²) in [7, 11) is 0. The van der Waals surface area contributed by atoms with E-state index in [4.69, 9.17) is 4.42 Å². The molecule has 0 amide bonds. The minimum absolute atomic E-state index is 0.894. The highest BCUT2D eigenvalue weighted by Crippen LogP contribution is 2.40. The Labute approximate surface area is 295 Å². The summed E-state index contributed by atoms with van der Waals surface area (Å²) in [4.78, 5) is 2.33. The van der Waals surface area contributed by atoms with Crippen LogP contribution < -0.4 is 4.90 Å². The van der Waals surface area contributed by atoms with Crippen LogP contribution in [0.5, 0.6) is 0 Å². The number of aromatic nitrogens is 1. The van der Waals surface area contributed by atoms with Gasteiger partial charge in [-0.15, -0.1) is 0 Å². The average molecular weight is 653 g/mol. The lowest BCUT2D eigenvalue weighted by molar-refractivity contribution is 0.668. The van der Waals surface area contributed by atoms with Gasteiger partial charge < -0.3 is 13.9 Å². The summed E-state index contributed by atoms with van der Waals surface area (Å²) >= 11 is 0. The van der Waals surface area contributed by atoms with Gasteiger partial charge in [0.25, 0.3) is 0 Å². The molecule has 0 atom stereocenters. The zero-order valence-electron chi connectivity index (χ0n) is 27.8. The third-order valence-electron chi connectivity index (χ3n) is 9.98. The molecule has 3 nitrogen and oxygen atoms in total. The number of hydrogen-bond donors (Lipinski definition) is 0. The highest BCUT2D eigenvalue weighted by molar-refractivity contribution is 6.11. The van der Waals surface area contributed by atoms with Crippen molar-refractivity contribution in [2.45, 2.75) is 0 Å². The molecule has 10 aromatic rings. The van der Waals surface area contributed by atoms with Crippen molar-refractivity contribution in [3.8, 4) is 27.9 Å². The Morgan fingerprint density at radius 3 is 1.76 bits per heavy atom. The van der Waals surface area contributed by atoms with Gasteiger partial charge >= 0.3 is 0 Å². The van der Waals surface area contributed by atoms with Gasteiger partial charge in [0.15, 0.2) is 0 Å². The minimum Gasteiger partial charge on any atom is -0.456 e. The Hall–Kier alpha value is -6.84. The van der Waals surface area contributed by atoms with E-state index in [1.54, 1.807) is 0 Å². The Bertz CT molecular complexity index is 2850. The summed E-state index contributed by atoms with van der Waals surface area (Å²) in [6, 6.07) is 69.2. The number of para-hydroxylation sites is 3. The van der Waals surface area contributed by atoms with Crippen LogP contribution >= 0.6 is 0 Å². The second kappa shape index (κ2) is 11.9. The fraction of sp³-hybridized carbons (Fsp3) is 0. The van der Waals surface area contributed by atoms with E-state index in [-0.39, 0.29) is 0 Å². The van der Waals surface area contributed by atoms with Crippen LogP contribution in [0.15, 0.2) is 199 Å². The molecule has 0 saturated heterocycles.